The number of nitrogens with zero attached hydrogens (tertiary/aromatic N) is 3. The Hall–Kier alpha value is -4.80. The van der Waals surface area contributed by atoms with E-state index in [0.717, 1.165) is 41.4 Å². The molecule has 0 atom stereocenters. The van der Waals surface area contributed by atoms with Crippen molar-refractivity contribution in [2.75, 3.05) is 18.0 Å². The predicted octanol–water partition coefficient (Wildman–Crippen LogP) is 5.92. The van der Waals surface area contributed by atoms with Gasteiger partial charge in [0.05, 0.1) is 5.69 Å². The topological polar surface area (TPSA) is 135 Å². The lowest BCUT2D eigenvalue weighted by molar-refractivity contribution is -0.197. The molecule has 3 aromatic rings. The average molecular weight is 685 g/mol. The molecule has 1 aliphatic carbocycles. The van der Waals surface area contributed by atoms with Gasteiger partial charge in [-0.05, 0) is 87.6 Å². The lowest BCUT2D eigenvalue weighted by Gasteiger charge is -2.27. The van der Waals surface area contributed by atoms with E-state index in [1.807, 2.05) is 60.0 Å². The van der Waals surface area contributed by atoms with Gasteiger partial charge in [0, 0.05) is 61.3 Å². The number of anilines is 1. The SMILES string of the molecule is CCc1cccc(N(CC)C(=O)Cn2c(C(=O)CC3CCC(C(=O)NCCCCCC(=O)ON4C(=O)CCC4=O)CC3)cc3ccccc32)c1. The molecule has 5 rings (SSSR count). The molecule has 0 unspecified atom stereocenters. The molecule has 1 aromatic heterocycles. The fourth-order valence-electron chi connectivity index (χ4n) is 7.01. The first-order chi connectivity index (χ1) is 24.2. The van der Waals surface area contributed by atoms with Crippen LogP contribution in [0.2, 0.25) is 0 Å². The van der Waals surface area contributed by atoms with Gasteiger partial charge in [-0.15, -0.1) is 5.06 Å². The Morgan fingerprint density at radius 3 is 2.34 bits per heavy atom. The molecule has 50 heavy (non-hydrogen) atoms. The van der Waals surface area contributed by atoms with E-state index in [-0.39, 0.29) is 55.2 Å². The molecule has 2 aliphatic rings. The Labute approximate surface area is 293 Å². The van der Waals surface area contributed by atoms with Crippen molar-refractivity contribution < 1.29 is 33.6 Å². The van der Waals surface area contributed by atoms with Crippen molar-refractivity contribution >= 4 is 52.0 Å². The molecule has 11 nitrogen and oxygen atoms in total. The molecular weight excluding hydrogens is 636 g/mol. The Kier molecular flexibility index (Phi) is 12.6. The first-order valence-corrected chi connectivity index (χ1v) is 18.0. The van der Waals surface area contributed by atoms with Gasteiger partial charge in [0.2, 0.25) is 11.8 Å². The number of nitrogens with one attached hydrogen (secondary N) is 1. The Balaban J connectivity index is 1.07. The first-order valence-electron chi connectivity index (χ1n) is 18.0. The molecule has 2 aromatic carbocycles. The van der Waals surface area contributed by atoms with E-state index in [1.165, 1.54) is 0 Å². The number of benzene rings is 2. The summed E-state index contributed by atoms with van der Waals surface area (Å²) in [6.07, 6.45) is 6.39. The Bertz CT molecular complexity index is 1710. The van der Waals surface area contributed by atoms with Crippen LogP contribution in [0.4, 0.5) is 5.69 Å². The average Bonchev–Trinajstić information content (AvgIpc) is 3.65. The number of aryl methyl sites for hydroxylation is 1. The molecule has 266 valence electrons. The number of para-hydroxylation sites is 1. The molecule has 1 aliphatic heterocycles. The maximum atomic E-state index is 13.8. The number of Topliss-reactive ketones (excluding diaryl/α,β-unsaturated/α-hetero) is 1. The highest BCUT2D eigenvalue weighted by atomic mass is 16.7. The van der Waals surface area contributed by atoms with Gasteiger partial charge in [-0.2, -0.15) is 0 Å². The predicted molar refractivity (Wildman–Crippen MR) is 189 cm³/mol. The standard InChI is InChI=1S/C39H48N4O7/c1-3-27-11-10-13-31(23-27)41(4-2)37(47)26-42-32-14-8-7-12-30(32)25-33(42)34(44)24-28-16-18-29(19-17-28)39(49)40-22-9-5-6-15-38(48)50-43-35(45)20-21-36(43)46/h7-8,10-14,23,25,28-29H,3-6,9,15-22,24,26H2,1-2H3,(H,40,49). The van der Waals surface area contributed by atoms with Crippen molar-refractivity contribution in [3.63, 3.8) is 0 Å². The largest absolute Gasteiger partial charge is 0.356 e. The van der Waals surface area contributed by atoms with Crippen LogP contribution in [0.15, 0.2) is 54.6 Å². The Morgan fingerprint density at radius 2 is 1.62 bits per heavy atom. The molecule has 0 radical (unpaired) electrons. The summed E-state index contributed by atoms with van der Waals surface area (Å²) in [5.74, 6) is -1.56. The second kappa shape index (κ2) is 17.2. The maximum Gasteiger partial charge on any atom is 0.333 e. The van der Waals surface area contributed by atoms with E-state index in [9.17, 15) is 28.8 Å². The van der Waals surface area contributed by atoms with Gasteiger partial charge in [-0.3, -0.25) is 24.0 Å². The quantitative estimate of drug-likeness (QED) is 0.112. The number of fused-ring (bicyclic) bond motifs is 1. The third-order valence-electron chi connectivity index (χ3n) is 9.88. The zero-order valence-corrected chi connectivity index (χ0v) is 29.2. The van der Waals surface area contributed by atoms with Gasteiger partial charge in [-0.25, -0.2) is 4.79 Å². The zero-order valence-electron chi connectivity index (χ0n) is 29.2. The third-order valence-corrected chi connectivity index (χ3v) is 9.88. The molecule has 1 saturated heterocycles. The summed E-state index contributed by atoms with van der Waals surface area (Å²) in [5.41, 5.74) is 3.42. The first kappa shape index (κ1) is 36.5. The zero-order chi connectivity index (χ0) is 35.6. The molecule has 11 heteroatoms. The van der Waals surface area contributed by atoms with E-state index in [1.54, 1.807) is 4.90 Å². The molecular formula is C39H48N4O7. The second-order valence-electron chi connectivity index (χ2n) is 13.3. The molecule has 1 saturated carbocycles. The molecule has 0 bridgehead atoms. The minimum absolute atomic E-state index is 0.0143. The van der Waals surface area contributed by atoms with Crippen LogP contribution in [0.5, 0.6) is 0 Å². The number of rotatable bonds is 16. The summed E-state index contributed by atoms with van der Waals surface area (Å²) < 4.78 is 1.86. The Morgan fingerprint density at radius 1 is 0.880 bits per heavy atom. The lowest BCUT2D eigenvalue weighted by atomic mass is 9.79. The summed E-state index contributed by atoms with van der Waals surface area (Å²) >= 11 is 0. The number of aromatic nitrogens is 1. The van der Waals surface area contributed by atoms with E-state index < -0.39 is 17.8 Å². The fraction of sp³-hybridized carbons (Fsp3) is 0.487. The van der Waals surface area contributed by atoms with Crippen molar-refractivity contribution in [1.29, 1.82) is 0 Å². The normalized spacial score (nSPS) is 17.6. The van der Waals surface area contributed by atoms with Gasteiger partial charge in [0.1, 0.15) is 6.54 Å². The van der Waals surface area contributed by atoms with Crippen molar-refractivity contribution in [2.45, 2.75) is 97.4 Å². The van der Waals surface area contributed by atoms with Gasteiger partial charge >= 0.3 is 5.97 Å². The van der Waals surface area contributed by atoms with Crippen molar-refractivity contribution in [3.8, 4) is 0 Å². The lowest BCUT2D eigenvalue weighted by Crippen LogP contribution is -2.35. The van der Waals surface area contributed by atoms with Crippen LogP contribution in [0, 0.1) is 11.8 Å². The van der Waals surface area contributed by atoms with Crippen molar-refractivity contribution in [2.24, 2.45) is 11.8 Å². The van der Waals surface area contributed by atoms with Crippen LogP contribution in [0.1, 0.15) is 101 Å². The van der Waals surface area contributed by atoms with Gasteiger partial charge in [0.15, 0.2) is 5.78 Å². The number of imide groups is 1. The highest BCUT2D eigenvalue weighted by molar-refractivity contribution is 6.02. The number of hydrogen-bond donors (Lipinski definition) is 1. The minimum Gasteiger partial charge on any atom is -0.356 e. The van der Waals surface area contributed by atoms with Crippen LogP contribution in [-0.4, -0.2) is 58.1 Å². The minimum atomic E-state index is -0.612. The second-order valence-corrected chi connectivity index (χ2v) is 13.3. The number of ketones is 1. The number of carbonyl (C=O) groups is 6. The van der Waals surface area contributed by atoms with Gasteiger partial charge in [0.25, 0.3) is 11.8 Å². The number of carbonyl (C=O) groups excluding carboxylic acids is 6. The molecule has 2 fully saturated rings. The van der Waals surface area contributed by atoms with Crippen LogP contribution in [0.3, 0.4) is 0 Å². The van der Waals surface area contributed by atoms with Crippen LogP contribution >= 0.6 is 0 Å². The number of hydrogen-bond acceptors (Lipinski definition) is 7. The van der Waals surface area contributed by atoms with E-state index in [4.69, 9.17) is 4.84 Å². The van der Waals surface area contributed by atoms with Crippen LogP contribution in [-0.2, 0) is 41.8 Å². The fourth-order valence-corrected chi connectivity index (χ4v) is 7.01. The highest BCUT2D eigenvalue weighted by Gasteiger charge is 2.33. The smallest absolute Gasteiger partial charge is 0.333 e. The van der Waals surface area contributed by atoms with Crippen molar-refractivity contribution in [1.82, 2.24) is 14.9 Å². The molecule has 4 amide bonds. The number of hydroxylamine groups is 2. The van der Waals surface area contributed by atoms with E-state index in [2.05, 4.69) is 18.3 Å². The van der Waals surface area contributed by atoms with Crippen LogP contribution < -0.4 is 10.2 Å². The summed E-state index contributed by atoms with van der Waals surface area (Å²) in [6.45, 7) is 5.13. The summed E-state index contributed by atoms with van der Waals surface area (Å²) in [4.78, 5) is 82.1. The molecule has 2 heterocycles. The number of unbranched alkanes of at least 4 members (excludes halogenated alkanes) is 2. The van der Waals surface area contributed by atoms with E-state index in [0.29, 0.717) is 62.4 Å². The molecule has 0 spiro atoms. The number of amides is 4. The van der Waals surface area contributed by atoms with Crippen molar-refractivity contribution in [3.05, 3.63) is 65.9 Å². The summed E-state index contributed by atoms with van der Waals surface area (Å²) in [6, 6.07) is 17.7. The molecule has 1 N–H and O–H groups in total. The third kappa shape index (κ3) is 9.05. The monoisotopic (exact) mass is 684 g/mol. The number of likely N-dealkylation sites (N-methyl/N-ethyl adjacent to an activating group) is 1. The van der Waals surface area contributed by atoms with Gasteiger partial charge in [-0.1, -0.05) is 43.7 Å². The van der Waals surface area contributed by atoms with Gasteiger partial charge < -0.3 is 19.6 Å². The van der Waals surface area contributed by atoms with E-state index >= 15 is 0 Å². The maximum absolute atomic E-state index is 13.8. The summed E-state index contributed by atoms with van der Waals surface area (Å²) in [7, 11) is 0. The summed E-state index contributed by atoms with van der Waals surface area (Å²) in [5, 5.41) is 4.49. The highest BCUT2D eigenvalue weighted by Crippen LogP contribution is 2.33. The van der Waals surface area contributed by atoms with Crippen LogP contribution in [0.25, 0.3) is 10.9 Å².